The molecular weight excluding hydrogens is 398 g/mol. The van der Waals surface area contributed by atoms with Gasteiger partial charge in [0.1, 0.15) is 5.75 Å². The number of anilines is 1. The fourth-order valence-corrected chi connectivity index (χ4v) is 4.48. The van der Waals surface area contributed by atoms with Gasteiger partial charge in [-0.2, -0.15) is 0 Å². The van der Waals surface area contributed by atoms with Crippen LogP contribution in [0.2, 0.25) is 0 Å². The van der Waals surface area contributed by atoms with Gasteiger partial charge in [-0.15, -0.1) is 0 Å². The third-order valence-corrected chi connectivity index (χ3v) is 6.40. The average Bonchev–Trinajstić information content (AvgIpc) is 2.78. The van der Waals surface area contributed by atoms with E-state index in [2.05, 4.69) is 0 Å². The first-order valence-electron chi connectivity index (χ1n) is 9.92. The Kier molecular flexibility index (Phi) is 7.25. The number of hydrogen-bond acceptors (Lipinski definition) is 4. The number of hydrogen-bond donors (Lipinski definition) is 0. The molecule has 156 valence electrons. The molecular formula is C24H25NO4S. The Morgan fingerprint density at radius 1 is 0.867 bits per heavy atom. The molecule has 0 unspecified atom stereocenters. The summed E-state index contributed by atoms with van der Waals surface area (Å²) >= 11 is 0. The lowest BCUT2D eigenvalue weighted by Gasteiger charge is -2.23. The van der Waals surface area contributed by atoms with Crippen molar-refractivity contribution in [2.45, 2.75) is 31.1 Å². The Morgan fingerprint density at radius 3 is 2.07 bits per heavy atom. The molecule has 0 aliphatic heterocycles. The molecule has 30 heavy (non-hydrogen) atoms. The molecule has 0 saturated carbocycles. The van der Waals surface area contributed by atoms with Crippen LogP contribution in [-0.2, 0) is 21.2 Å². The number of benzene rings is 3. The Balaban J connectivity index is 1.79. The highest BCUT2D eigenvalue weighted by Crippen LogP contribution is 2.25. The maximum atomic E-state index is 13.3. The fourth-order valence-electron chi connectivity index (χ4n) is 3.01. The predicted octanol–water partition coefficient (Wildman–Crippen LogP) is 4.83. The lowest BCUT2D eigenvalue weighted by molar-refractivity contribution is -0.117. The lowest BCUT2D eigenvalue weighted by atomic mass is 10.1. The van der Waals surface area contributed by atoms with Crippen LogP contribution in [-0.4, -0.2) is 20.9 Å². The zero-order valence-corrected chi connectivity index (χ0v) is 17.7. The molecule has 0 aliphatic rings. The van der Waals surface area contributed by atoms with E-state index in [0.29, 0.717) is 24.5 Å². The van der Waals surface area contributed by atoms with Gasteiger partial charge in [0.2, 0.25) is 5.91 Å². The Morgan fingerprint density at radius 2 is 1.47 bits per heavy atom. The van der Waals surface area contributed by atoms with Crippen molar-refractivity contribution in [2.75, 3.05) is 10.9 Å². The molecule has 0 N–H and O–H groups in total. The number of nitrogens with zero attached hydrogens (tertiary/aromatic N) is 1. The summed E-state index contributed by atoms with van der Waals surface area (Å²) in [7, 11) is -4.02. The highest BCUT2D eigenvalue weighted by Gasteiger charge is 2.30. The summed E-state index contributed by atoms with van der Waals surface area (Å²) < 4.78 is 33.0. The van der Waals surface area contributed by atoms with E-state index in [1.54, 1.807) is 30.3 Å². The number of carbonyl (C=O) groups is 1. The van der Waals surface area contributed by atoms with Crippen LogP contribution in [0.1, 0.15) is 25.3 Å². The van der Waals surface area contributed by atoms with Crippen molar-refractivity contribution in [3.05, 3.63) is 90.5 Å². The number of para-hydroxylation sites is 1. The lowest BCUT2D eigenvalue weighted by Crippen LogP contribution is -2.37. The van der Waals surface area contributed by atoms with Crippen LogP contribution in [0.5, 0.6) is 5.75 Å². The normalized spacial score (nSPS) is 11.1. The van der Waals surface area contributed by atoms with Crippen molar-refractivity contribution >= 4 is 21.6 Å². The SMILES string of the molecule is CCc1ccc(N(C(=O)CCCOc2ccccc2)S(=O)(=O)c2ccccc2)cc1. The second kappa shape index (κ2) is 10.1. The van der Waals surface area contributed by atoms with Crippen LogP contribution in [0, 0.1) is 0 Å². The summed E-state index contributed by atoms with van der Waals surface area (Å²) in [6.07, 6.45) is 1.28. The highest BCUT2D eigenvalue weighted by atomic mass is 32.2. The van der Waals surface area contributed by atoms with Crippen molar-refractivity contribution in [1.82, 2.24) is 0 Å². The van der Waals surface area contributed by atoms with Gasteiger partial charge in [-0.1, -0.05) is 55.5 Å². The van der Waals surface area contributed by atoms with Gasteiger partial charge in [0.15, 0.2) is 0 Å². The van der Waals surface area contributed by atoms with Crippen LogP contribution >= 0.6 is 0 Å². The Hall–Kier alpha value is -3.12. The van der Waals surface area contributed by atoms with Crippen LogP contribution in [0.4, 0.5) is 5.69 Å². The first-order valence-corrected chi connectivity index (χ1v) is 11.4. The molecule has 3 aromatic carbocycles. The van der Waals surface area contributed by atoms with Crippen molar-refractivity contribution in [3.63, 3.8) is 0 Å². The summed E-state index contributed by atoms with van der Waals surface area (Å²) in [5, 5.41) is 0. The fraction of sp³-hybridized carbons (Fsp3) is 0.208. The third-order valence-electron chi connectivity index (χ3n) is 4.63. The van der Waals surface area contributed by atoms with E-state index < -0.39 is 15.9 Å². The van der Waals surface area contributed by atoms with Crippen LogP contribution in [0.3, 0.4) is 0 Å². The standard InChI is InChI=1S/C24H25NO4S/c1-2-20-15-17-21(18-16-20)25(30(27,28)23-12-7-4-8-13-23)24(26)14-9-19-29-22-10-5-3-6-11-22/h3-8,10-13,15-18H,2,9,14,19H2,1H3. The molecule has 0 fully saturated rings. The smallest absolute Gasteiger partial charge is 0.270 e. The largest absolute Gasteiger partial charge is 0.494 e. The van der Waals surface area contributed by atoms with Crippen molar-refractivity contribution in [3.8, 4) is 5.75 Å². The molecule has 0 spiro atoms. The van der Waals surface area contributed by atoms with Crippen molar-refractivity contribution in [1.29, 1.82) is 0 Å². The van der Waals surface area contributed by atoms with E-state index in [9.17, 15) is 13.2 Å². The highest BCUT2D eigenvalue weighted by molar-refractivity contribution is 7.93. The molecule has 0 bridgehead atoms. The van der Waals surface area contributed by atoms with E-state index in [1.807, 2.05) is 49.4 Å². The van der Waals surface area contributed by atoms with Crippen LogP contribution in [0.25, 0.3) is 0 Å². The number of aryl methyl sites for hydroxylation is 1. The molecule has 0 saturated heterocycles. The van der Waals surface area contributed by atoms with E-state index >= 15 is 0 Å². The molecule has 0 aliphatic carbocycles. The minimum atomic E-state index is -4.02. The summed E-state index contributed by atoms with van der Waals surface area (Å²) in [6.45, 7) is 2.34. The minimum Gasteiger partial charge on any atom is -0.494 e. The zero-order chi connectivity index (χ0) is 21.4. The summed E-state index contributed by atoms with van der Waals surface area (Å²) in [5.41, 5.74) is 1.41. The number of rotatable bonds is 9. The minimum absolute atomic E-state index is 0.0500. The van der Waals surface area contributed by atoms with E-state index in [-0.39, 0.29) is 11.3 Å². The second-order valence-electron chi connectivity index (χ2n) is 6.76. The predicted molar refractivity (Wildman–Crippen MR) is 118 cm³/mol. The van der Waals surface area contributed by atoms with Gasteiger partial charge in [-0.05, 0) is 54.8 Å². The Labute approximate surface area is 178 Å². The van der Waals surface area contributed by atoms with Gasteiger partial charge >= 0.3 is 0 Å². The quantitative estimate of drug-likeness (QED) is 0.463. The molecule has 6 heteroatoms. The average molecular weight is 424 g/mol. The Bertz CT molecular complexity index is 1050. The van der Waals surface area contributed by atoms with E-state index in [1.165, 1.54) is 12.1 Å². The maximum absolute atomic E-state index is 13.3. The number of ether oxygens (including phenoxy) is 1. The molecule has 0 heterocycles. The molecule has 1 amide bonds. The molecule has 0 radical (unpaired) electrons. The topological polar surface area (TPSA) is 63.7 Å². The second-order valence-corrected chi connectivity index (χ2v) is 8.55. The molecule has 3 rings (SSSR count). The van der Waals surface area contributed by atoms with Crippen LogP contribution < -0.4 is 9.04 Å². The molecule has 0 atom stereocenters. The van der Waals surface area contributed by atoms with Crippen molar-refractivity contribution in [2.24, 2.45) is 0 Å². The molecule has 3 aromatic rings. The summed E-state index contributed by atoms with van der Waals surface area (Å²) in [4.78, 5) is 13.1. The van der Waals surface area contributed by atoms with Gasteiger partial charge in [-0.3, -0.25) is 4.79 Å². The van der Waals surface area contributed by atoms with Gasteiger partial charge < -0.3 is 4.74 Å². The summed E-state index contributed by atoms with van der Waals surface area (Å²) in [5.74, 6) is 0.230. The van der Waals surface area contributed by atoms with E-state index in [4.69, 9.17) is 4.74 Å². The maximum Gasteiger partial charge on any atom is 0.270 e. The molecule has 0 aromatic heterocycles. The first-order chi connectivity index (χ1) is 14.5. The van der Waals surface area contributed by atoms with Crippen LogP contribution in [0.15, 0.2) is 89.8 Å². The number of carbonyl (C=O) groups excluding carboxylic acids is 1. The van der Waals surface area contributed by atoms with Gasteiger partial charge in [-0.25, -0.2) is 12.7 Å². The summed E-state index contributed by atoms with van der Waals surface area (Å²) in [6, 6.07) is 24.4. The first kappa shape index (κ1) is 21.6. The monoisotopic (exact) mass is 423 g/mol. The van der Waals surface area contributed by atoms with Crippen molar-refractivity contribution < 1.29 is 17.9 Å². The number of sulfonamides is 1. The third kappa shape index (κ3) is 5.27. The number of amides is 1. The van der Waals surface area contributed by atoms with Gasteiger partial charge in [0.05, 0.1) is 17.2 Å². The van der Waals surface area contributed by atoms with Gasteiger partial charge in [0, 0.05) is 6.42 Å². The zero-order valence-electron chi connectivity index (χ0n) is 16.9. The molecule has 5 nitrogen and oxygen atoms in total. The van der Waals surface area contributed by atoms with Gasteiger partial charge in [0.25, 0.3) is 10.0 Å². The van der Waals surface area contributed by atoms with E-state index in [0.717, 1.165) is 16.3 Å².